The molecule has 22 heavy (non-hydrogen) atoms. The van der Waals surface area contributed by atoms with Crippen molar-refractivity contribution in [1.82, 2.24) is 10.6 Å². The summed E-state index contributed by atoms with van der Waals surface area (Å²) in [5, 5.41) is 22.5. The summed E-state index contributed by atoms with van der Waals surface area (Å²) in [6.07, 6.45) is 1.43. The van der Waals surface area contributed by atoms with Gasteiger partial charge in [-0.1, -0.05) is 18.2 Å². The number of hydrogen-bond donors (Lipinski definition) is 3. The van der Waals surface area contributed by atoms with Crippen LogP contribution in [-0.4, -0.2) is 23.5 Å². The van der Waals surface area contributed by atoms with E-state index in [1.807, 2.05) is 0 Å². The van der Waals surface area contributed by atoms with Crippen molar-refractivity contribution in [2.45, 2.75) is 19.4 Å². The maximum atomic E-state index is 13.4. The number of aliphatic carboxylic acids is 1. The number of amides is 1. The Kier molecular flexibility index (Phi) is 7.13. The predicted molar refractivity (Wildman–Crippen MR) is 76.8 cm³/mol. The van der Waals surface area contributed by atoms with Crippen LogP contribution in [0.5, 0.6) is 0 Å². The largest absolute Gasteiger partial charge is 0.481 e. The van der Waals surface area contributed by atoms with Crippen molar-refractivity contribution >= 4 is 11.9 Å². The minimum absolute atomic E-state index is 0.0581. The van der Waals surface area contributed by atoms with Gasteiger partial charge in [0.1, 0.15) is 17.5 Å². The average molecular weight is 305 g/mol. The van der Waals surface area contributed by atoms with E-state index < -0.39 is 11.9 Å². The summed E-state index contributed by atoms with van der Waals surface area (Å²) in [6.45, 7) is 0.307. The highest BCUT2D eigenvalue weighted by molar-refractivity contribution is 5.97. The van der Waals surface area contributed by atoms with Crippen LogP contribution in [0.2, 0.25) is 0 Å². The quantitative estimate of drug-likeness (QED) is 0.382. The molecule has 0 spiro atoms. The lowest BCUT2D eigenvalue weighted by atomic mass is 10.2. The molecular weight excluding hydrogens is 289 g/mol. The minimum atomic E-state index is -0.947. The molecule has 7 heteroatoms. The van der Waals surface area contributed by atoms with Gasteiger partial charge in [0.15, 0.2) is 0 Å². The fourth-order valence-corrected chi connectivity index (χ4v) is 1.59. The van der Waals surface area contributed by atoms with Gasteiger partial charge in [-0.25, -0.2) is 4.39 Å². The fourth-order valence-electron chi connectivity index (χ4n) is 1.59. The number of carbonyl (C=O) groups is 2. The Morgan fingerprint density at radius 1 is 1.36 bits per heavy atom. The predicted octanol–water partition coefficient (Wildman–Crippen LogP) is 1.30. The summed E-state index contributed by atoms with van der Waals surface area (Å²) in [5.41, 5.74) is 0.254. The first kappa shape index (κ1) is 17.2. The van der Waals surface area contributed by atoms with Gasteiger partial charge in [-0.05, 0) is 12.5 Å². The zero-order valence-corrected chi connectivity index (χ0v) is 11.8. The summed E-state index contributed by atoms with van der Waals surface area (Å²) >= 11 is 0. The van der Waals surface area contributed by atoms with Crippen molar-refractivity contribution in [1.29, 1.82) is 5.26 Å². The Balaban J connectivity index is 2.46. The van der Waals surface area contributed by atoms with Gasteiger partial charge in [-0.3, -0.25) is 9.59 Å². The summed E-state index contributed by atoms with van der Waals surface area (Å²) < 4.78 is 13.4. The smallest absolute Gasteiger partial charge is 0.303 e. The van der Waals surface area contributed by atoms with Crippen LogP contribution in [0, 0.1) is 17.1 Å². The summed E-state index contributed by atoms with van der Waals surface area (Å²) in [6, 6.07) is 7.89. The van der Waals surface area contributed by atoms with Crippen LogP contribution in [0.4, 0.5) is 4.39 Å². The Morgan fingerprint density at radius 3 is 2.73 bits per heavy atom. The zero-order chi connectivity index (χ0) is 16.4. The number of carboxylic acid groups (broad SMARTS) is 1. The third kappa shape index (κ3) is 6.05. The molecular formula is C15H16FN3O3. The van der Waals surface area contributed by atoms with Gasteiger partial charge < -0.3 is 15.7 Å². The highest BCUT2D eigenvalue weighted by atomic mass is 19.1. The SMILES string of the molecule is N#C/C(=C/NCc1ccccc1F)C(=O)NCCCC(=O)O. The third-order valence-corrected chi connectivity index (χ3v) is 2.71. The maximum absolute atomic E-state index is 13.4. The first-order valence-corrected chi connectivity index (χ1v) is 6.61. The Morgan fingerprint density at radius 2 is 2.09 bits per heavy atom. The van der Waals surface area contributed by atoms with Crippen molar-refractivity contribution in [2.75, 3.05) is 6.54 Å². The molecule has 1 aromatic rings. The maximum Gasteiger partial charge on any atom is 0.303 e. The second-order valence-corrected chi connectivity index (χ2v) is 4.40. The second-order valence-electron chi connectivity index (χ2n) is 4.40. The number of halogens is 1. The Hall–Kier alpha value is -2.88. The number of nitrogens with one attached hydrogen (secondary N) is 2. The van der Waals surface area contributed by atoms with Gasteiger partial charge in [0, 0.05) is 31.3 Å². The van der Waals surface area contributed by atoms with Gasteiger partial charge in [-0.15, -0.1) is 0 Å². The lowest BCUT2D eigenvalue weighted by molar-refractivity contribution is -0.137. The zero-order valence-electron chi connectivity index (χ0n) is 11.8. The lowest BCUT2D eigenvalue weighted by Gasteiger charge is -2.05. The average Bonchev–Trinajstić information content (AvgIpc) is 2.49. The summed E-state index contributed by atoms with van der Waals surface area (Å²) in [5.74, 6) is -1.93. The molecule has 6 nitrogen and oxygen atoms in total. The highest BCUT2D eigenvalue weighted by Gasteiger charge is 2.08. The van der Waals surface area contributed by atoms with Crippen molar-refractivity contribution in [3.05, 3.63) is 47.4 Å². The molecule has 0 saturated heterocycles. The van der Waals surface area contributed by atoms with Gasteiger partial charge in [0.25, 0.3) is 5.91 Å². The van der Waals surface area contributed by atoms with E-state index in [-0.39, 0.29) is 37.3 Å². The Labute approximate surface area is 127 Å². The van der Waals surface area contributed by atoms with Crippen molar-refractivity contribution in [2.24, 2.45) is 0 Å². The topological polar surface area (TPSA) is 102 Å². The molecule has 1 amide bonds. The van der Waals surface area contributed by atoms with Crippen LogP contribution in [0.15, 0.2) is 36.0 Å². The van der Waals surface area contributed by atoms with Crippen LogP contribution in [-0.2, 0) is 16.1 Å². The number of benzene rings is 1. The molecule has 0 aliphatic heterocycles. The van der Waals surface area contributed by atoms with Crippen LogP contribution >= 0.6 is 0 Å². The number of rotatable bonds is 8. The van der Waals surface area contributed by atoms with Crippen molar-refractivity contribution in [3.63, 3.8) is 0 Å². The first-order chi connectivity index (χ1) is 10.5. The van der Waals surface area contributed by atoms with Crippen LogP contribution in [0.25, 0.3) is 0 Å². The lowest BCUT2D eigenvalue weighted by Crippen LogP contribution is -2.27. The van der Waals surface area contributed by atoms with E-state index in [9.17, 15) is 14.0 Å². The first-order valence-electron chi connectivity index (χ1n) is 6.61. The molecule has 0 radical (unpaired) electrons. The molecule has 1 aromatic carbocycles. The van der Waals surface area contributed by atoms with Crippen molar-refractivity contribution in [3.8, 4) is 6.07 Å². The van der Waals surface area contributed by atoms with Gasteiger partial charge in [0.05, 0.1) is 0 Å². The molecule has 0 heterocycles. The standard InChI is InChI=1S/C15H16FN3O3/c16-13-5-2-1-4-11(13)9-18-10-12(8-17)15(22)19-7-3-6-14(20)21/h1-2,4-5,10,18H,3,6-7,9H2,(H,19,22)(H,20,21)/b12-10-. The van der Waals surface area contributed by atoms with E-state index in [1.165, 1.54) is 12.3 Å². The van der Waals surface area contributed by atoms with E-state index in [4.69, 9.17) is 10.4 Å². The molecule has 3 N–H and O–H groups in total. The molecule has 0 saturated carbocycles. The molecule has 116 valence electrons. The van der Waals surface area contributed by atoms with E-state index in [0.717, 1.165) is 0 Å². The highest BCUT2D eigenvalue weighted by Crippen LogP contribution is 2.05. The van der Waals surface area contributed by atoms with Crippen molar-refractivity contribution < 1.29 is 19.1 Å². The Bertz CT molecular complexity index is 608. The van der Waals surface area contributed by atoms with Crippen LogP contribution in [0.3, 0.4) is 0 Å². The molecule has 0 aromatic heterocycles. The summed E-state index contributed by atoms with van der Waals surface area (Å²) in [7, 11) is 0. The monoisotopic (exact) mass is 305 g/mol. The third-order valence-electron chi connectivity index (χ3n) is 2.71. The van der Waals surface area contributed by atoms with E-state index in [1.54, 1.807) is 24.3 Å². The number of hydrogen-bond acceptors (Lipinski definition) is 4. The number of nitriles is 1. The van der Waals surface area contributed by atoms with E-state index in [0.29, 0.717) is 5.56 Å². The number of nitrogens with zero attached hydrogens (tertiary/aromatic N) is 1. The van der Waals surface area contributed by atoms with Crippen LogP contribution in [0.1, 0.15) is 18.4 Å². The molecule has 0 unspecified atom stereocenters. The van der Waals surface area contributed by atoms with E-state index >= 15 is 0 Å². The molecule has 0 aliphatic carbocycles. The van der Waals surface area contributed by atoms with Gasteiger partial charge in [0.2, 0.25) is 0 Å². The van der Waals surface area contributed by atoms with Gasteiger partial charge in [-0.2, -0.15) is 5.26 Å². The molecule has 0 fully saturated rings. The fraction of sp³-hybridized carbons (Fsp3) is 0.267. The normalized spacial score (nSPS) is 10.6. The van der Waals surface area contributed by atoms with Gasteiger partial charge >= 0.3 is 5.97 Å². The molecule has 0 atom stereocenters. The molecule has 1 rings (SSSR count). The number of carbonyl (C=O) groups excluding carboxylic acids is 1. The minimum Gasteiger partial charge on any atom is -0.481 e. The van der Waals surface area contributed by atoms with Crippen LogP contribution < -0.4 is 10.6 Å². The molecule has 0 bridgehead atoms. The molecule has 0 aliphatic rings. The summed E-state index contributed by atoms with van der Waals surface area (Å²) in [4.78, 5) is 22.0. The van der Waals surface area contributed by atoms with E-state index in [2.05, 4.69) is 10.6 Å². The second kappa shape index (κ2) is 9.13. The number of carboxylic acids is 1.